The molecule has 7 heavy (non-hydrogen) atoms. The van der Waals surface area contributed by atoms with Crippen LogP contribution in [0.4, 0.5) is 0 Å². The Balaban J connectivity index is 0. The minimum Gasteiger partial charge on any atom is 0 e. The molecule has 0 aliphatic carbocycles. The van der Waals surface area contributed by atoms with Gasteiger partial charge in [-0.15, -0.1) is 0 Å². The maximum atomic E-state index is 0. The molecule has 0 heterocycles. The smallest absolute Gasteiger partial charge is 0 e. The Morgan fingerprint density at radius 2 is 0.571 bits per heavy atom. The van der Waals surface area contributed by atoms with E-state index in [0.717, 1.165) is 0 Å². The molecule has 0 rings (SSSR count). The molecule has 0 aliphatic rings. The zero-order chi connectivity index (χ0) is 0. The molecular weight excluding hydrogens is 330 g/mol. The molecule has 0 spiro atoms. The molecule has 0 bridgehead atoms. The summed E-state index contributed by atoms with van der Waals surface area (Å²) < 4.78 is 0. The van der Waals surface area contributed by atoms with Gasteiger partial charge in [0, 0.05) is 36.5 Å². The van der Waals surface area contributed by atoms with Gasteiger partial charge in [-0.25, -0.2) is 0 Å². The Labute approximate surface area is 107 Å². The third kappa shape index (κ3) is 47.9. The van der Waals surface area contributed by atoms with Gasteiger partial charge in [0.15, 0.2) is 0 Å². The molecule has 0 aromatic carbocycles. The first-order valence-electron chi connectivity index (χ1n) is 0. The zero-order valence-electron chi connectivity index (χ0n) is 3.01. The van der Waals surface area contributed by atoms with E-state index in [-0.39, 0.29) is 108 Å². The minimum atomic E-state index is 0. The topological polar surface area (TPSA) is 0 Å². The van der Waals surface area contributed by atoms with Gasteiger partial charge in [0.05, 0.1) is 0 Å². The van der Waals surface area contributed by atoms with Crippen molar-refractivity contribution >= 4 is 71.6 Å². The molecule has 0 aromatic heterocycles. The summed E-state index contributed by atoms with van der Waals surface area (Å²) in [5.74, 6) is 0. The van der Waals surface area contributed by atoms with E-state index in [1.807, 2.05) is 0 Å². The predicted molar refractivity (Wildman–Crippen MR) is 52.9 cm³/mol. The molecule has 0 aromatic rings. The van der Waals surface area contributed by atoms with E-state index in [1.165, 1.54) is 0 Å². The van der Waals surface area contributed by atoms with Crippen molar-refractivity contribution in [2.24, 2.45) is 0 Å². The zero-order valence-corrected chi connectivity index (χ0v) is 10.9. The van der Waals surface area contributed by atoms with Crippen molar-refractivity contribution < 1.29 is 36.5 Å². The third-order valence-electron chi connectivity index (χ3n) is 0. The molecule has 0 nitrogen and oxygen atoms in total. The number of hydrogen-bond acceptors (Lipinski definition) is 0. The summed E-state index contributed by atoms with van der Waals surface area (Å²) in [6.45, 7) is 0. The maximum absolute atomic E-state index is 0. The van der Waals surface area contributed by atoms with Gasteiger partial charge >= 0.3 is 17.6 Å². The fourth-order valence-electron chi connectivity index (χ4n) is 0. The van der Waals surface area contributed by atoms with Gasteiger partial charge in [0.25, 0.3) is 0 Å². The largest absolute Gasteiger partial charge is 0 e. The van der Waals surface area contributed by atoms with Crippen LogP contribution in [0.2, 0.25) is 0 Å². The van der Waals surface area contributed by atoms with Crippen LogP contribution in [0.25, 0.3) is 0 Å². The van der Waals surface area contributed by atoms with Crippen LogP contribution in [0.15, 0.2) is 0 Å². The van der Waals surface area contributed by atoms with Crippen molar-refractivity contribution in [3.63, 3.8) is 0 Å². The van der Waals surface area contributed by atoms with Crippen molar-refractivity contribution in [3.05, 3.63) is 0 Å². The molecule has 7 heteroatoms. The summed E-state index contributed by atoms with van der Waals surface area (Å²) >= 11 is 0. The Bertz CT molecular complexity index is 11.7. The minimum absolute atomic E-state index is 0. The number of rotatable bonds is 0. The Morgan fingerprint density at radius 1 is 0.571 bits per heavy atom. The standard InChI is InChI=1S/Cu.GeH4.4H2S.Zn/h;1H4;4*1H2;. The van der Waals surface area contributed by atoms with Gasteiger partial charge in [-0.05, 0) is 0 Å². The summed E-state index contributed by atoms with van der Waals surface area (Å²) in [7, 11) is 0. The first kappa shape index (κ1) is 87.4. The average Bonchev–Trinajstić information content (AvgIpc) is 0. The van der Waals surface area contributed by atoms with Crippen LogP contribution in [0.5, 0.6) is 0 Å². The summed E-state index contributed by atoms with van der Waals surface area (Å²) in [6.07, 6.45) is 0. The van der Waals surface area contributed by atoms with Crippen molar-refractivity contribution in [3.8, 4) is 0 Å². The van der Waals surface area contributed by atoms with Crippen LogP contribution < -0.4 is 0 Å². The molecular formula is H12CuGeS4Zn. The Morgan fingerprint density at radius 3 is 0.571 bits per heavy atom. The van der Waals surface area contributed by atoms with Crippen LogP contribution in [-0.2, 0) is 36.5 Å². The molecule has 1 radical (unpaired) electrons. The quantitative estimate of drug-likeness (QED) is 0.496. The molecule has 0 aliphatic heterocycles. The summed E-state index contributed by atoms with van der Waals surface area (Å²) in [4.78, 5) is 0. The Hall–Kier alpha value is 3.09. The van der Waals surface area contributed by atoms with E-state index in [9.17, 15) is 0 Å². The van der Waals surface area contributed by atoms with Gasteiger partial charge in [0.2, 0.25) is 0 Å². The van der Waals surface area contributed by atoms with E-state index in [1.54, 1.807) is 0 Å². The van der Waals surface area contributed by atoms with Crippen LogP contribution in [0.3, 0.4) is 0 Å². The first-order valence-corrected chi connectivity index (χ1v) is 0. The number of hydrogen-bond donors (Lipinski definition) is 0. The molecule has 0 unspecified atom stereocenters. The van der Waals surface area contributed by atoms with E-state index in [0.29, 0.717) is 0 Å². The Kier molecular flexibility index (Phi) is 779. The van der Waals surface area contributed by atoms with Crippen molar-refractivity contribution in [1.82, 2.24) is 0 Å². The normalized spacial score (nSPS) is 0. The fraction of sp³-hybridized carbons (Fsp3) is 0. The van der Waals surface area contributed by atoms with Gasteiger partial charge in [0.1, 0.15) is 0 Å². The monoisotopic (exact) mass is 341 g/mol. The van der Waals surface area contributed by atoms with E-state index in [2.05, 4.69) is 0 Å². The van der Waals surface area contributed by atoms with Gasteiger partial charge in [-0.1, -0.05) is 0 Å². The summed E-state index contributed by atoms with van der Waals surface area (Å²) in [6, 6.07) is 0. The van der Waals surface area contributed by atoms with Crippen LogP contribution in [0.1, 0.15) is 0 Å². The van der Waals surface area contributed by atoms with Gasteiger partial charge in [-0.3, -0.25) is 0 Å². The molecule has 0 saturated heterocycles. The third-order valence-corrected chi connectivity index (χ3v) is 0. The van der Waals surface area contributed by atoms with Crippen LogP contribution in [-0.4, -0.2) is 17.6 Å². The molecule has 0 N–H and O–H groups in total. The first-order chi connectivity index (χ1) is 0. The summed E-state index contributed by atoms with van der Waals surface area (Å²) in [5.41, 5.74) is 0. The van der Waals surface area contributed by atoms with Gasteiger partial charge in [-0.2, -0.15) is 54.0 Å². The van der Waals surface area contributed by atoms with Gasteiger partial charge < -0.3 is 0 Å². The fourth-order valence-corrected chi connectivity index (χ4v) is 0. The molecule has 0 fully saturated rings. The molecule has 0 saturated carbocycles. The molecule has 0 amide bonds. The second-order valence-corrected chi connectivity index (χ2v) is 0. The van der Waals surface area contributed by atoms with Crippen LogP contribution >= 0.6 is 54.0 Å². The van der Waals surface area contributed by atoms with Crippen molar-refractivity contribution in [2.75, 3.05) is 0 Å². The molecule has 53 valence electrons. The maximum Gasteiger partial charge on any atom is 0 e. The summed E-state index contributed by atoms with van der Waals surface area (Å²) in [5, 5.41) is 0. The SMILES string of the molecule is S.S.S.S.[Cu].[GeH4].[Zn]. The second kappa shape index (κ2) is 62.4. The van der Waals surface area contributed by atoms with Crippen molar-refractivity contribution in [2.45, 2.75) is 0 Å². The second-order valence-electron chi connectivity index (χ2n) is 0. The predicted octanol–water partition coefficient (Wildman–Crippen LogP) is -1.01. The molecule has 0 atom stereocenters. The average molecular weight is 342 g/mol. The van der Waals surface area contributed by atoms with Crippen molar-refractivity contribution in [1.29, 1.82) is 0 Å². The van der Waals surface area contributed by atoms with E-state index < -0.39 is 0 Å². The van der Waals surface area contributed by atoms with E-state index >= 15 is 0 Å². The van der Waals surface area contributed by atoms with Crippen LogP contribution in [0, 0.1) is 0 Å². The van der Waals surface area contributed by atoms with E-state index in [4.69, 9.17) is 0 Å².